The maximum Gasteiger partial charge on any atom is 0.227 e. The number of nitrogens with zero attached hydrogens (tertiary/aromatic N) is 2. The van der Waals surface area contributed by atoms with Gasteiger partial charge in [-0.05, 0) is 42.2 Å². The Labute approximate surface area is 288 Å². The molecule has 1 saturated heterocycles. The molecule has 8 heteroatoms. The highest BCUT2D eigenvalue weighted by Gasteiger charge is 2.48. The van der Waals surface area contributed by atoms with Gasteiger partial charge in [-0.2, -0.15) is 0 Å². The minimum atomic E-state index is -1.10. The largest absolute Gasteiger partial charge is 0.386 e. The van der Waals surface area contributed by atoms with Crippen molar-refractivity contribution in [1.82, 2.24) is 9.47 Å². The number of amides is 1. The number of hydrogen-bond acceptors (Lipinski definition) is 6. The summed E-state index contributed by atoms with van der Waals surface area (Å²) in [6.45, 7) is 6.49. The lowest BCUT2D eigenvalue weighted by Gasteiger charge is -2.45. The lowest BCUT2D eigenvalue weighted by molar-refractivity contribution is -0.278. The second-order valence-corrected chi connectivity index (χ2v) is 12.4. The molecule has 0 radical (unpaired) electrons. The highest BCUT2D eigenvalue weighted by atomic mass is 16.6. The van der Waals surface area contributed by atoms with Crippen LogP contribution in [0.15, 0.2) is 121 Å². The van der Waals surface area contributed by atoms with E-state index in [-0.39, 0.29) is 25.5 Å². The first kappa shape index (κ1) is 34.5. The van der Waals surface area contributed by atoms with Crippen LogP contribution in [0.25, 0.3) is 10.9 Å². The number of aliphatic hydroxyl groups excluding tert-OH is 1. The molecule has 6 rings (SSSR count). The van der Waals surface area contributed by atoms with Gasteiger partial charge in [0.2, 0.25) is 5.91 Å². The minimum Gasteiger partial charge on any atom is -0.386 e. The summed E-state index contributed by atoms with van der Waals surface area (Å²) in [5.41, 5.74) is 4.78. The Morgan fingerprint density at radius 2 is 1.27 bits per heavy atom. The van der Waals surface area contributed by atoms with Crippen molar-refractivity contribution in [2.75, 3.05) is 19.7 Å². The normalized spacial score (nSPS) is 20.8. The summed E-state index contributed by atoms with van der Waals surface area (Å²) in [6, 6.07) is 37.8. The second-order valence-electron chi connectivity index (χ2n) is 12.4. The van der Waals surface area contributed by atoms with Gasteiger partial charge >= 0.3 is 0 Å². The van der Waals surface area contributed by atoms with E-state index < -0.39 is 30.6 Å². The molecule has 49 heavy (non-hydrogen) atoms. The average Bonchev–Trinajstić information content (AvgIpc) is 3.50. The number of hydrogen-bond donors (Lipinski definition) is 1. The Morgan fingerprint density at radius 1 is 0.735 bits per heavy atom. The van der Waals surface area contributed by atoms with Crippen LogP contribution < -0.4 is 0 Å². The van der Waals surface area contributed by atoms with Crippen LogP contribution in [0.1, 0.15) is 42.3 Å². The van der Waals surface area contributed by atoms with E-state index in [1.54, 1.807) is 0 Å². The molecule has 4 aromatic carbocycles. The van der Waals surface area contributed by atoms with Crippen molar-refractivity contribution < 1.29 is 28.8 Å². The molecule has 0 spiro atoms. The van der Waals surface area contributed by atoms with Gasteiger partial charge in [0.1, 0.15) is 24.4 Å². The maximum atomic E-state index is 13.2. The second kappa shape index (κ2) is 16.9. The van der Waals surface area contributed by atoms with E-state index in [9.17, 15) is 9.90 Å². The van der Waals surface area contributed by atoms with Crippen molar-refractivity contribution in [2.45, 2.75) is 70.7 Å². The topological polar surface area (TPSA) is 82.4 Å². The molecule has 0 unspecified atom stereocenters. The number of ether oxygens (including phenoxy) is 4. The maximum absolute atomic E-state index is 13.2. The zero-order valence-electron chi connectivity index (χ0n) is 28.3. The van der Waals surface area contributed by atoms with Gasteiger partial charge in [0.15, 0.2) is 6.23 Å². The lowest BCUT2D eigenvalue weighted by Crippen LogP contribution is -2.58. The Balaban J connectivity index is 1.34. The predicted molar refractivity (Wildman–Crippen MR) is 190 cm³/mol. The van der Waals surface area contributed by atoms with Crippen molar-refractivity contribution in [3.05, 3.63) is 144 Å². The summed E-state index contributed by atoms with van der Waals surface area (Å²) in [6.07, 6.45) is -1.71. The summed E-state index contributed by atoms with van der Waals surface area (Å²) in [4.78, 5) is 15.1. The summed E-state index contributed by atoms with van der Waals surface area (Å²) in [5.74, 6) is 0.0589. The first-order valence-corrected chi connectivity index (χ1v) is 17.2. The van der Waals surface area contributed by atoms with Crippen molar-refractivity contribution in [2.24, 2.45) is 0 Å². The Hall–Kier alpha value is -4.31. The molecule has 0 bridgehead atoms. The summed E-state index contributed by atoms with van der Waals surface area (Å²) < 4.78 is 28.2. The molecule has 1 N–H and O–H groups in total. The molecule has 1 amide bonds. The number of aromatic nitrogens is 1. The van der Waals surface area contributed by atoms with E-state index in [0.29, 0.717) is 26.3 Å². The third kappa shape index (κ3) is 8.47. The molecule has 1 aliphatic heterocycles. The fourth-order valence-electron chi connectivity index (χ4n) is 6.55. The number of fused-ring (bicyclic) bond motifs is 1. The van der Waals surface area contributed by atoms with Gasteiger partial charge in [-0.1, -0.05) is 109 Å². The molecule has 0 aliphatic carbocycles. The molecular formula is C41H46N2O6. The number of carbonyl (C=O) groups is 1. The molecule has 5 aromatic rings. The van der Waals surface area contributed by atoms with E-state index in [4.69, 9.17) is 18.9 Å². The summed E-state index contributed by atoms with van der Waals surface area (Å²) in [7, 11) is 0. The molecule has 8 nitrogen and oxygen atoms in total. The van der Waals surface area contributed by atoms with Gasteiger partial charge in [0.05, 0.1) is 38.4 Å². The third-order valence-corrected chi connectivity index (χ3v) is 9.15. The zero-order chi connectivity index (χ0) is 34.0. The number of carbonyl (C=O) groups excluding carboxylic acids is 1. The van der Waals surface area contributed by atoms with Crippen LogP contribution in [0.2, 0.25) is 0 Å². The number of aliphatic hydroxyl groups is 1. The van der Waals surface area contributed by atoms with Gasteiger partial charge in [0.25, 0.3) is 0 Å². The van der Waals surface area contributed by atoms with Gasteiger partial charge in [-0.3, -0.25) is 4.79 Å². The van der Waals surface area contributed by atoms with Gasteiger partial charge < -0.3 is 33.5 Å². The number of likely N-dealkylation sites (N-methyl/N-ethyl adjacent to an activating group) is 1. The van der Waals surface area contributed by atoms with E-state index in [2.05, 4.69) is 0 Å². The zero-order valence-corrected chi connectivity index (χ0v) is 28.3. The van der Waals surface area contributed by atoms with Crippen LogP contribution in [0.4, 0.5) is 0 Å². The molecule has 5 atom stereocenters. The predicted octanol–water partition coefficient (Wildman–Crippen LogP) is 6.70. The van der Waals surface area contributed by atoms with Gasteiger partial charge in [-0.15, -0.1) is 0 Å². The average molecular weight is 663 g/mol. The highest BCUT2D eigenvalue weighted by Crippen LogP contribution is 2.37. The minimum absolute atomic E-state index is 0.0589. The van der Waals surface area contributed by atoms with Crippen molar-refractivity contribution in [1.29, 1.82) is 0 Å². The third-order valence-electron chi connectivity index (χ3n) is 9.15. The van der Waals surface area contributed by atoms with Crippen molar-refractivity contribution >= 4 is 16.8 Å². The quantitative estimate of drug-likeness (QED) is 0.134. The monoisotopic (exact) mass is 662 g/mol. The summed E-state index contributed by atoms with van der Waals surface area (Å²) >= 11 is 0. The highest BCUT2D eigenvalue weighted by molar-refractivity contribution is 5.89. The first-order chi connectivity index (χ1) is 24.1. The smallest absolute Gasteiger partial charge is 0.227 e. The fourth-order valence-corrected chi connectivity index (χ4v) is 6.55. The van der Waals surface area contributed by atoms with Crippen molar-refractivity contribution in [3.63, 3.8) is 0 Å². The first-order valence-electron chi connectivity index (χ1n) is 17.2. The summed E-state index contributed by atoms with van der Waals surface area (Å²) in [5, 5.41) is 13.1. The van der Waals surface area contributed by atoms with E-state index in [1.807, 2.05) is 145 Å². The SMILES string of the molecule is CCN(CC)C(=O)Cc1cn([C@@H]2O[C@H](COCc3ccccc3)[C@H](OCc3ccccc3)[C@H](OCc3ccccc3)[C@H]2O)c2ccccc12. The lowest BCUT2D eigenvalue weighted by atomic mass is 9.97. The van der Waals surface area contributed by atoms with Crippen LogP contribution in [0.5, 0.6) is 0 Å². The van der Waals surface area contributed by atoms with E-state index in [1.165, 1.54) is 0 Å². The number of rotatable bonds is 15. The molecule has 2 heterocycles. The molecule has 1 aromatic heterocycles. The van der Waals surface area contributed by atoms with Crippen LogP contribution in [-0.4, -0.2) is 64.6 Å². The number of benzene rings is 4. The van der Waals surface area contributed by atoms with Crippen LogP contribution in [0.3, 0.4) is 0 Å². The molecule has 1 fully saturated rings. The molecule has 1 aliphatic rings. The molecule has 0 saturated carbocycles. The Kier molecular flexibility index (Phi) is 11.9. The van der Waals surface area contributed by atoms with Crippen molar-refractivity contribution in [3.8, 4) is 0 Å². The molecular weight excluding hydrogens is 616 g/mol. The van der Waals surface area contributed by atoms with Crippen LogP contribution >= 0.6 is 0 Å². The Morgan fingerprint density at radius 3 is 1.86 bits per heavy atom. The van der Waals surface area contributed by atoms with Crippen LogP contribution in [-0.2, 0) is 50.0 Å². The standard InChI is InChI=1S/C41H46N2O6/c1-3-42(4-2)37(44)24-33-25-43(35-23-15-14-22-34(33)35)41-38(45)40(48-28-32-20-12-7-13-21-32)39(47-27-31-18-10-6-11-19-31)36(49-41)29-46-26-30-16-8-5-9-17-30/h5-23,25,36,38-41,45H,3-4,24,26-29H2,1-2H3/t36-,38-,39+,40-,41-/m1/s1. The van der Waals surface area contributed by atoms with Gasteiger partial charge in [0, 0.05) is 24.7 Å². The van der Waals surface area contributed by atoms with Crippen LogP contribution in [0, 0.1) is 0 Å². The van der Waals surface area contributed by atoms with Gasteiger partial charge in [-0.25, -0.2) is 0 Å². The van der Waals surface area contributed by atoms with E-state index >= 15 is 0 Å². The fraction of sp³-hybridized carbons (Fsp3) is 0.341. The Bertz CT molecular complexity index is 1740. The van der Waals surface area contributed by atoms with E-state index in [0.717, 1.165) is 33.2 Å². The number of para-hydroxylation sites is 1. The molecule has 256 valence electrons.